The molecule has 0 radical (unpaired) electrons. The van der Waals surface area contributed by atoms with Crippen molar-refractivity contribution in [1.29, 1.82) is 0 Å². The van der Waals surface area contributed by atoms with Gasteiger partial charge in [-0.1, -0.05) is 52.3 Å². The molecule has 1 aliphatic rings. The molecule has 0 atom stereocenters. The average molecular weight is 569 g/mol. The number of aryl methyl sites for hydroxylation is 1. The molecule has 2 aromatic carbocycles. The zero-order valence-corrected chi connectivity index (χ0v) is 22.9. The lowest BCUT2D eigenvalue weighted by Crippen LogP contribution is -2.44. The average Bonchev–Trinajstić information content (AvgIpc) is 3.33. The lowest BCUT2D eigenvalue weighted by molar-refractivity contribution is -0.133. The highest BCUT2D eigenvalue weighted by molar-refractivity contribution is 9.10. The first-order valence-corrected chi connectivity index (χ1v) is 13.5. The van der Waals surface area contributed by atoms with Crippen LogP contribution in [0.5, 0.6) is 0 Å². The molecule has 1 aromatic heterocycles. The van der Waals surface area contributed by atoms with Gasteiger partial charge in [-0.25, -0.2) is 0 Å². The van der Waals surface area contributed by atoms with Crippen molar-refractivity contribution in [2.24, 2.45) is 0 Å². The summed E-state index contributed by atoms with van der Waals surface area (Å²) >= 11 is 3.46. The van der Waals surface area contributed by atoms with Gasteiger partial charge in [0.2, 0.25) is 5.91 Å². The molecule has 1 fully saturated rings. The smallest absolute Gasteiger partial charge is 0.254 e. The first-order valence-electron chi connectivity index (χ1n) is 12.7. The fraction of sp³-hybridized carbons (Fsp3) is 0.379. The van der Waals surface area contributed by atoms with E-state index in [9.17, 15) is 9.59 Å². The van der Waals surface area contributed by atoms with E-state index in [0.29, 0.717) is 25.2 Å². The molecule has 1 saturated heterocycles. The van der Waals surface area contributed by atoms with Crippen molar-refractivity contribution in [3.05, 3.63) is 93.9 Å². The molecular formula is C29H34BrN3O4. The highest BCUT2D eigenvalue weighted by atomic mass is 79.9. The second-order valence-electron chi connectivity index (χ2n) is 9.29. The Morgan fingerprint density at radius 1 is 0.946 bits per heavy atom. The summed E-state index contributed by atoms with van der Waals surface area (Å²) in [4.78, 5) is 33.0. The third-order valence-corrected chi connectivity index (χ3v) is 6.90. The quantitative estimate of drug-likeness (QED) is 0.334. The first-order chi connectivity index (χ1) is 18.0. The predicted octanol–water partition coefficient (Wildman–Crippen LogP) is 4.74. The number of halogens is 1. The Hall–Kier alpha value is -2.94. The van der Waals surface area contributed by atoms with Crippen molar-refractivity contribution in [3.63, 3.8) is 0 Å². The van der Waals surface area contributed by atoms with Gasteiger partial charge in [0.1, 0.15) is 18.1 Å². The minimum atomic E-state index is -0.148. The fourth-order valence-electron chi connectivity index (χ4n) is 4.42. The predicted molar refractivity (Wildman–Crippen MR) is 146 cm³/mol. The Labute approximate surface area is 227 Å². The number of carbonyl (C=O) groups is 2. The maximum atomic E-state index is 13.7. The van der Waals surface area contributed by atoms with Crippen molar-refractivity contribution in [3.8, 4) is 0 Å². The largest absolute Gasteiger partial charge is 0.464 e. The van der Waals surface area contributed by atoms with Gasteiger partial charge in [-0.3, -0.25) is 14.5 Å². The minimum absolute atomic E-state index is 0.000974. The number of furan rings is 1. The Bertz CT molecular complexity index is 1160. The molecular weight excluding hydrogens is 534 g/mol. The fourth-order valence-corrected chi connectivity index (χ4v) is 4.82. The van der Waals surface area contributed by atoms with E-state index >= 15 is 0 Å². The molecule has 7 nitrogen and oxygen atoms in total. The number of nitrogens with zero attached hydrogens (tertiary/aromatic N) is 3. The van der Waals surface area contributed by atoms with Gasteiger partial charge < -0.3 is 19.0 Å². The number of ether oxygens (including phenoxy) is 1. The molecule has 4 rings (SSSR count). The van der Waals surface area contributed by atoms with Crippen LogP contribution in [0, 0.1) is 6.92 Å². The molecule has 8 heteroatoms. The molecule has 0 N–H and O–H groups in total. The van der Waals surface area contributed by atoms with Gasteiger partial charge in [-0.2, -0.15) is 0 Å². The summed E-state index contributed by atoms with van der Waals surface area (Å²) in [5, 5.41) is 0. The van der Waals surface area contributed by atoms with Crippen LogP contribution in [0.25, 0.3) is 0 Å². The van der Waals surface area contributed by atoms with Gasteiger partial charge in [-0.15, -0.1) is 0 Å². The number of benzene rings is 2. The van der Waals surface area contributed by atoms with Crippen LogP contribution in [-0.4, -0.2) is 72.5 Å². The molecule has 37 heavy (non-hydrogen) atoms. The van der Waals surface area contributed by atoms with Crippen LogP contribution < -0.4 is 0 Å². The summed E-state index contributed by atoms with van der Waals surface area (Å²) in [6.07, 6.45) is 0.781. The van der Waals surface area contributed by atoms with Gasteiger partial charge in [-0.05, 0) is 49.2 Å². The van der Waals surface area contributed by atoms with Gasteiger partial charge in [0.25, 0.3) is 5.91 Å². The molecule has 0 spiro atoms. The van der Waals surface area contributed by atoms with E-state index in [4.69, 9.17) is 9.15 Å². The molecule has 0 unspecified atom stereocenters. The lowest BCUT2D eigenvalue weighted by Gasteiger charge is -2.30. The number of hydrogen-bond acceptors (Lipinski definition) is 5. The monoisotopic (exact) mass is 567 g/mol. The molecule has 0 aliphatic carbocycles. The summed E-state index contributed by atoms with van der Waals surface area (Å²) in [7, 11) is 0. The second kappa shape index (κ2) is 13.6. The molecule has 2 heterocycles. The van der Waals surface area contributed by atoms with E-state index in [1.54, 1.807) is 21.9 Å². The van der Waals surface area contributed by atoms with Crippen LogP contribution in [0.3, 0.4) is 0 Å². The Kier molecular flexibility index (Phi) is 9.93. The van der Waals surface area contributed by atoms with Gasteiger partial charge in [0.05, 0.1) is 19.8 Å². The van der Waals surface area contributed by atoms with Crippen molar-refractivity contribution in [2.75, 3.05) is 45.9 Å². The lowest BCUT2D eigenvalue weighted by atomic mass is 10.1. The summed E-state index contributed by atoms with van der Waals surface area (Å²) in [6, 6.07) is 21.0. The zero-order valence-electron chi connectivity index (χ0n) is 21.3. The Morgan fingerprint density at radius 2 is 1.73 bits per heavy atom. The number of rotatable bonds is 11. The van der Waals surface area contributed by atoms with Gasteiger partial charge >= 0.3 is 0 Å². The van der Waals surface area contributed by atoms with Gasteiger partial charge in [0, 0.05) is 42.8 Å². The van der Waals surface area contributed by atoms with E-state index in [1.807, 2.05) is 61.5 Å². The van der Waals surface area contributed by atoms with E-state index in [1.165, 1.54) is 0 Å². The standard InChI is InChI=1S/C29H34BrN3O4/c1-23-11-12-27(37-23)21-33(20-24-7-3-2-4-8-24)28(34)22-32(14-6-13-31-15-17-36-18-16-31)29(35)25-9-5-10-26(30)19-25/h2-5,7-12,19H,6,13-18,20-22H2,1H3. The third kappa shape index (κ3) is 8.28. The number of amides is 2. The summed E-state index contributed by atoms with van der Waals surface area (Å²) < 4.78 is 12.0. The van der Waals surface area contributed by atoms with E-state index in [-0.39, 0.29) is 18.4 Å². The Morgan fingerprint density at radius 3 is 2.43 bits per heavy atom. The van der Waals surface area contributed by atoms with E-state index in [2.05, 4.69) is 20.8 Å². The normalized spacial score (nSPS) is 13.9. The zero-order chi connectivity index (χ0) is 26.0. The van der Waals surface area contributed by atoms with E-state index < -0.39 is 0 Å². The van der Waals surface area contributed by atoms with Crippen LogP contribution >= 0.6 is 15.9 Å². The van der Waals surface area contributed by atoms with Crippen molar-refractivity contribution in [1.82, 2.24) is 14.7 Å². The van der Waals surface area contributed by atoms with Crippen molar-refractivity contribution in [2.45, 2.75) is 26.4 Å². The molecule has 1 aliphatic heterocycles. The maximum Gasteiger partial charge on any atom is 0.254 e. The SMILES string of the molecule is Cc1ccc(CN(Cc2ccccc2)C(=O)CN(CCCN2CCOCC2)C(=O)c2cccc(Br)c2)o1. The second-order valence-corrected chi connectivity index (χ2v) is 10.2. The minimum Gasteiger partial charge on any atom is -0.464 e. The van der Waals surface area contributed by atoms with Crippen LogP contribution in [0.15, 0.2) is 75.6 Å². The molecule has 0 bridgehead atoms. The molecule has 2 amide bonds. The topological polar surface area (TPSA) is 66.2 Å². The number of carbonyl (C=O) groups excluding carboxylic acids is 2. The van der Waals surface area contributed by atoms with Crippen LogP contribution in [0.1, 0.15) is 33.9 Å². The van der Waals surface area contributed by atoms with Crippen LogP contribution in [0.2, 0.25) is 0 Å². The highest BCUT2D eigenvalue weighted by Gasteiger charge is 2.24. The van der Waals surface area contributed by atoms with Crippen molar-refractivity contribution < 1.29 is 18.7 Å². The summed E-state index contributed by atoms with van der Waals surface area (Å²) in [5.41, 5.74) is 1.58. The summed E-state index contributed by atoms with van der Waals surface area (Å²) in [5.74, 6) is 1.26. The van der Waals surface area contributed by atoms with Crippen molar-refractivity contribution >= 4 is 27.7 Å². The molecule has 3 aromatic rings. The van der Waals surface area contributed by atoms with E-state index in [0.717, 1.165) is 60.8 Å². The third-order valence-electron chi connectivity index (χ3n) is 6.40. The number of morpholine rings is 1. The highest BCUT2D eigenvalue weighted by Crippen LogP contribution is 2.17. The Balaban J connectivity index is 1.49. The molecule has 0 saturated carbocycles. The van der Waals surface area contributed by atoms with Crippen LogP contribution in [-0.2, 0) is 22.6 Å². The van der Waals surface area contributed by atoms with Crippen LogP contribution in [0.4, 0.5) is 0 Å². The summed E-state index contributed by atoms with van der Waals surface area (Å²) in [6.45, 7) is 7.28. The molecule has 196 valence electrons. The van der Waals surface area contributed by atoms with Gasteiger partial charge in [0.15, 0.2) is 0 Å². The maximum absolute atomic E-state index is 13.7. The number of hydrogen-bond donors (Lipinski definition) is 0. The first kappa shape index (κ1) is 27.1.